The SMILES string of the molecule is C/C(=C/CI)CCO. The van der Waals surface area contributed by atoms with Crippen LogP contribution >= 0.6 is 22.6 Å². The number of allylic oxidation sites excluding steroid dienone is 1. The highest BCUT2D eigenvalue weighted by Gasteiger charge is 1.83. The smallest absolute Gasteiger partial charge is 0.0468 e. The molecular weight excluding hydrogens is 215 g/mol. The van der Waals surface area contributed by atoms with Crippen molar-refractivity contribution in [1.82, 2.24) is 0 Å². The molecule has 48 valence electrons. The summed E-state index contributed by atoms with van der Waals surface area (Å²) in [5.41, 5.74) is 1.28. The average molecular weight is 226 g/mol. The van der Waals surface area contributed by atoms with Crippen molar-refractivity contribution in [2.45, 2.75) is 13.3 Å². The van der Waals surface area contributed by atoms with Gasteiger partial charge in [0.05, 0.1) is 0 Å². The summed E-state index contributed by atoms with van der Waals surface area (Å²) in [4.78, 5) is 0. The average Bonchev–Trinajstić information content (AvgIpc) is 1.68. The molecule has 0 heterocycles. The molecule has 0 aromatic carbocycles. The van der Waals surface area contributed by atoms with Crippen molar-refractivity contribution < 1.29 is 5.11 Å². The van der Waals surface area contributed by atoms with Crippen LogP contribution in [0.4, 0.5) is 0 Å². The van der Waals surface area contributed by atoms with Gasteiger partial charge in [-0.15, -0.1) is 0 Å². The third-order valence-corrected chi connectivity index (χ3v) is 1.37. The number of hydrogen-bond donors (Lipinski definition) is 1. The topological polar surface area (TPSA) is 20.2 Å². The molecule has 0 aliphatic carbocycles. The van der Waals surface area contributed by atoms with E-state index in [0.29, 0.717) is 0 Å². The van der Waals surface area contributed by atoms with E-state index < -0.39 is 0 Å². The zero-order valence-corrected chi connectivity index (χ0v) is 7.18. The first-order valence-corrected chi connectivity index (χ1v) is 4.16. The maximum Gasteiger partial charge on any atom is 0.0468 e. The Balaban J connectivity index is 3.29. The molecule has 0 unspecified atom stereocenters. The molecule has 0 amide bonds. The van der Waals surface area contributed by atoms with Gasteiger partial charge in [-0.1, -0.05) is 34.2 Å². The van der Waals surface area contributed by atoms with Gasteiger partial charge in [-0.25, -0.2) is 0 Å². The Labute approximate surface area is 63.9 Å². The largest absolute Gasteiger partial charge is 0.396 e. The summed E-state index contributed by atoms with van der Waals surface area (Å²) in [7, 11) is 0. The van der Waals surface area contributed by atoms with Gasteiger partial charge in [0.15, 0.2) is 0 Å². The predicted octanol–water partition coefficient (Wildman–Crippen LogP) is 1.75. The van der Waals surface area contributed by atoms with E-state index in [1.54, 1.807) is 0 Å². The lowest BCUT2D eigenvalue weighted by atomic mass is 10.2. The second-order valence-electron chi connectivity index (χ2n) is 1.68. The van der Waals surface area contributed by atoms with Crippen LogP contribution in [-0.4, -0.2) is 16.1 Å². The number of aliphatic hydroxyl groups excluding tert-OH is 1. The van der Waals surface area contributed by atoms with Crippen LogP contribution in [0, 0.1) is 0 Å². The van der Waals surface area contributed by atoms with E-state index in [1.165, 1.54) is 5.57 Å². The van der Waals surface area contributed by atoms with E-state index in [-0.39, 0.29) is 6.61 Å². The molecule has 0 aliphatic rings. The van der Waals surface area contributed by atoms with Crippen LogP contribution in [0.5, 0.6) is 0 Å². The summed E-state index contributed by atoms with van der Waals surface area (Å²) in [6.07, 6.45) is 2.94. The fraction of sp³-hybridized carbons (Fsp3) is 0.667. The normalized spacial score (nSPS) is 12.1. The highest BCUT2D eigenvalue weighted by molar-refractivity contribution is 14.1. The maximum absolute atomic E-state index is 8.42. The van der Waals surface area contributed by atoms with Crippen molar-refractivity contribution in [3.05, 3.63) is 11.6 Å². The summed E-state index contributed by atoms with van der Waals surface area (Å²) in [5.74, 6) is 0. The van der Waals surface area contributed by atoms with E-state index in [9.17, 15) is 0 Å². The lowest BCUT2D eigenvalue weighted by Gasteiger charge is -1.92. The van der Waals surface area contributed by atoms with Crippen LogP contribution in [0.25, 0.3) is 0 Å². The summed E-state index contributed by atoms with van der Waals surface area (Å²) in [5, 5.41) is 8.42. The molecule has 0 saturated carbocycles. The van der Waals surface area contributed by atoms with Gasteiger partial charge in [0, 0.05) is 11.0 Å². The minimum atomic E-state index is 0.277. The molecular formula is C6H11IO. The summed E-state index contributed by atoms with van der Waals surface area (Å²) in [6.45, 7) is 2.31. The zero-order chi connectivity index (χ0) is 6.41. The van der Waals surface area contributed by atoms with Gasteiger partial charge in [-0.2, -0.15) is 0 Å². The Morgan fingerprint density at radius 1 is 1.75 bits per heavy atom. The van der Waals surface area contributed by atoms with Gasteiger partial charge in [-0.05, 0) is 13.3 Å². The van der Waals surface area contributed by atoms with Gasteiger partial charge < -0.3 is 5.11 Å². The van der Waals surface area contributed by atoms with Gasteiger partial charge in [-0.3, -0.25) is 0 Å². The summed E-state index contributed by atoms with van der Waals surface area (Å²) >= 11 is 2.28. The fourth-order valence-electron chi connectivity index (χ4n) is 0.410. The lowest BCUT2D eigenvalue weighted by molar-refractivity contribution is 0.299. The first-order chi connectivity index (χ1) is 3.81. The van der Waals surface area contributed by atoms with Crippen molar-refractivity contribution in [3.8, 4) is 0 Å². The Morgan fingerprint density at radius 2 is 2.38 bits per heavy atom. The van der Waals surface area contributed by atoms with Gasteiger partial charge in [0.25, 0.3) is 0 Å². The van der Waals surface area contributed by atoms with E-state index in [4.69, 9.17) is 5.11 Å². The van der Waals surface area contributed by atoms with Crippen LogP contribution in [-0.2, 0) is 0 Å². The van der Waals surface area contributed by atoms with Gasteiger partial charge in [0.1, 0.15) is 0 Å². The van der Waals surface area contributed by atoms with Crippen LogP contribution in [0.1, 0.15) is 13.3 Å². The van der Waals surface area contributed by atoms with E-state index in [1.807, 2.05) is 6.92 Å². The molecule has 1 nitrogen and oxygen atoms in total. The van der Waals surface area contributed by atoms with Crippen LogP contribution in [0.15, 0.2) is 11.6 Å². The standard InChI is InChI=1S/C6H11IO/c1-6(2-4-7)3-5-8/h2,8H,3-5H2,1H3/b6-2-. The molecule has 0 spiro atoms. The van der Waals surface area contributed by atoms with Crippen LogP contribution in [0.3, 0.4) is 0 Å². The number of alkyl halides is 1. The number of rotatable bonds is 3. The second-order valence-corrected chi connectivity index (χ2v) is 2.56. The maximum atomic E-state index is 8.42. The van der Waals surface area contributed by atoms with E-state index in [2.05, 4.69) is 28.7 Å². The van der Waals surface area contributed by atoms with E-state index in [0.717, 1.165) is 10.8 Å². The number of aliphatic hydroxyl groups is 1. The molecule has 0 atom stereocenters. The van der Waals surface area contributed by atoms with Crippen molar-refractivity contribution in [2.75, 3.05) is 11.0 Å². The Hall–Kier alpha value is 0.430. The number of halogens is 1. The lowest BCUT2D eigenvalue weighted by Crippen LogP contribution is -1.83. The molecule has 8 heavy (non-hydrogen) atoms. The predicted molar refractivity (Wildman–Crippen MR) is 44.3 cm³/mol. The van der Waals surface area contributed by atoms with Crippen LogP contribution < -0.4 is 0 Å². The quantitative estimate of drug-likeness (QED) is 0.441. The molecule has 0 bridgehead atoms. The molecule has 1 N–H and O–H groups in total. The summed E-state index contributed by atoms with van der Waals surface area (Å²) < 4.78 is 1.05. The molecule has 0 rings (SSSR count). The first-order valence-electron chi connectivity index (χ1n) is 2.63. The third kappa shape index (κ3) is 4.59. The molecule has 0 aromatic rings. The van der Waals surface area contributed by atoms with Gasteiger partial charge >= 0.3 is 0 Å². The van der Waals surface area contributed by atoms with E-state index >= 15 is 0 Å². The molecule has 0 saturated heterocycles. The minimum absolute atomic E-state index is 0.277. The van der Waals surface area contributed by atoms with Crippen molar-refractivity contribution in [2.24, 2.45) is 0 Å². The molecule has 0 aromatic heterocycles. The Bertz CT molecular complexity index is 78.6. The van der Waals surface area contributed by atoms with Crippen molar-refractivity contribution >= 4 is 22.6 Å². The zero-order valence-electron chi connectivity index (χ0n) is 5.02. The molecule has 0 fully saturated rings. The van der Waals surface area contributed by atoms with Crippen molar-refractivity contribution in [1.29, 1.82) is 0 Å². The second kappa shape index (κ2) is 5.56. The Morgan fingerprint density at radius 3 is 2.75 bits per heavy atom. The monoisotopic (exact) mass is 226 g/mol. The highest BCUT2D eigenvalue weighted by atomic mass is 127. The highest BCUT2D eigenvalue weighted by Crippen LogP contribution is 1.98. The minimum Gasteiger partial charge on any atom is -0.396 e. The molecule has 2 heteroatoms. The fourth-order valence-corrected chi connectivity index (χ4v) is 1.16. The molecule has 0 aliphatic heterocycles. The van der Waals surface area contributed by atoms with Crippen molar-refractivity contribution in [3.63, 3.8) is 0 Å². The first kappa shape index (κ1) is 8.43. The Kier molecular flexibility index (Phi) is 5.86. The number of hydrogen-bond acceptors (Lipinski definition) is 1. The molecule has 0 radical (unpaired) electrons. The summed E-state index contributed by atoms with van der Waals surface area (Å²) in [6, 6.07) is 0. The van der Waals surface area contributed by atoms with Gasteiger partial charge in [0.2, 0.25) is 0 Å². The van der Waals surface area contributed by atoms with Crippen LogP contribution in [0.2, 0.25) is 0 Å². The third-order valence-electron chi connectivity index (χ3n) is 0.932.